The Hall–Kier alpha value is -1.83. The van der Waals surface area contributed by atoms with Crippen LogP contribution in [0.3, 0.4) is 0 Å². The van der Waals surface area contributed by atoms with Crippen molar-refractivity contribution < 1.29 is 14.7 Å². The van der Waals surface area contributed by atoms with Crippen molar-refractivity contribution >= 4 is 23.3 Å². The van der Waals surface area contributed by atoms with E-state index in [4.69, 9.17) is 0 Å². The molecule has 1 unspecified atom stereocenters. The third-order valence-corrected chi connectivity index (χ3v) is 3.94. The first-order valence-corrected chi connectivity index (χ1v) is 6.76. The largest absolute Gasteiger partial charge is 0.480 e. The van der Waals surface area contributed by atoms with Gasteiger partial charge in [-0.15, -0.1) is 0 Å². The molecule has 1 aliphatic rings. The predicted molar refractivity (Wildman–Crippen MR) is 69.1 cm³/mol. The Morgan fingerprint density at radius 1 is 1.58 bits per heavy atom. The average Bonchev–Trinajstić information content (AvgIpc) is 3.11. The van der Waals surface area contributed by atoms with Gasteiger partial charge < -0.3 is 20.7 Å². The first-order chi connectivity index (χ1) is 8.91. The molecule has 19 heavy (non-hydrogen) atoms. The minimum absolute atomic E-state index is 0.0169. The molecule has 0 aromatic carbocycles. The van der Waals surface area contributed by atoms with Crippen LogP contribution in [0.15, 0.2) is 10.2 Å². The highest BCUT2D eigenvalue weighted by molar-refractivity contribution is 7.07. The Bertz CT molecular complexity index is 548. The molecule has 0 aliphatic heterocycles. The van der Waals surface area contributed by atoms with Crippen LogP contribution in [0.25, 0.3) is 0 Å². The maximum absolute atomic E-state index is 11.7. The first kappa shape index (κ1) is 13.6. The topological polar surface area (TPSA) is 111 Å². The number of carbonyl (C=O) groups is 2. The van der Waals surface area contributed by atoms with Gasteiger partial charge >= 0.3 is 16.9 Å². The van der Waals surface area contributed by atoms with Gasteiger partial charge in [-0.25, -0.2) is 9.59 Å². The molecule has 8 heteroatoms. The number of thiazole rings is 1. The van der Waals surface area contributed by atoms with Crippen LogP contribution in [0, 0.1) is 5.92 Å². The van der Waals surface area contributed by atoms with Crippen LogP contribution in [0.5, 0.6) is 0 Å². The number of carboxylic acid groups (broad SMARTS) is 1. The van der Waals surface area contributed by atoms with E-state index in [2.05, 4.69) is 15.6 Å². The number of hydrogen-bond acceptors (Lipinski definition) is 4. The minimum Gasteiger partial charge on any atom is -0.480 e. The molecule has 1 aromatic heterocycles. The van der Waals surface area contributed by atoms with E-state index in [0.29, 0.717) is 5.69 Å². The molecule has 1 aliphatic carbocycles. The summed E-state index contributed by atoms with van der Waals surface area (Å²) in [4.78, 5) is 36.2. The first-order valence-electron chi connectivity index (χ1n) is 5.88. The highest BCUT2D eigenvalue weighted by Gasteiger charge is 2.48. The number of urea groups is 1. The summed E-state index contributed by atoms with van der Waals surface area (Å²) in [7, 11) is 0. The van der Waals surface area contributed by atoms with Crippen LogP contribution in [-0.4, -0.2) is 27.6 Å². The van der Waals surface area contributed by atoms with Crippen molar-refractivity contribution in [3.63, 3.8) is 0 Å². The van der Waals surface area contributed by atoms with Crippen LogP contribution in [0.4, 0.5) is 4.79 Å². The molecule has 104 valence electrons. The van der Waals surface area contributed by atoms with Gasteiger partial charge in [-0.2, -0.15) is 0 Å². The van der Waals surface area contributed by atoms with Crippen molar-refractivity contribution in [2.24, 2.45) is 5.92 Å². The lowest BCUT2D eigenvalue weighted by Crippen LogP contribution is -2.56. The lowest BCUT2D eigenvalue weighted by atomic mass is 9.96. The molecular weight excluding hydrogens is 270 g/mol. The van der Waals surface area contributed by atoms with Crippen LogP contribution >= 0.6 is 11.3 Å². The summed E-state index contributed by atoms with van der Waals surface area (Å²) in [6.45, 7) is 1.67. The number of aromatic amines is 1. The maximum atomic E-state index is 11.7. The third kappa shape index (κ3) is 3.14. The van der Waals surface area contributed by atoms with E-state index in [-0.39, 0.29) is 17.3 Å². The molecule has 2 rings (SSSR count). The zero-order chi connectivity index (χ0) is 14.0. The van der Waals surface area contributed by atoms with Gasteiger partial charge in [0.25, 0.3) is 0 Å². The molecule has 0 bridgehead atoms. The van der Waals surface area contributed by atoms with Gasteiger partial charge in [-0.3, -0.25) is 4.79 Å². The molecule has 1 atom stereocenters. The highest BCUT2D eigenvalue weighted by atomic mass is 32.1. The SMILES string of the molecule is CC(NC(=O)NCc1csc(=O)[nH]1)(C(=O)O)C1CC1. The van der Waals surface area contributed by atoms with Gasteiger partial charge in [0.2, 0.25) is 0 Å². The molecule has 1 saturated carbocycles. The van der Waals surface area contributed by atoms with Crippen molar-refractivity contribution in [3.8, 4) is 0 Å². The van der Waals surface area contributed by atoms with Crippen molar-refractivity contribution in [2.45, 2.75) is 31.8 Å². The highest BCUT2D eigenvalue weighted by Crippen LogP contribution is 2.39. The lowest BCUT2D eigenvalue weighted by molar-refractivity contribution is -0.144. The number of aliphatic carboxylic acids is 1. The number of carbonyl (C=O) groups excluding carboxylic acids is 1. The lowest BCUT2D eigenvalue weighted by Gasteiger charge is -2.26. The van der Waals surface area contributed by atoms with Crippen LogP contribution in [-0.2, 0) is 11.3 Å². The molecule has 1 fully saturated rings. The predicted octanol–water partition coefficient (Wildman–Crippen LogP) is 0.489. The van der Waals surface area contributed by atoms with Gasteiger partial charge in [0, 0.05) is 11.1 Å². The Morgan fingerprint density at radius 3 is 2.74 bits per heavy atom. The molecule has 0 spiro atoms. The number of carboxylic acids is 1. The average molecular weight is 285 g/mol. The van der Waals surface area contributed by atoms with Crippen LogP contribution < -0.4 is 15.5 Å². The summed E-state index contributed by atoms with van der Waals surface area (Å²) < 4.78 is 0. The zero-order valence-corrected chi connectivity index (χ0v) is 11.2. The van der Waals surface area contributed by atoms with Gasteiger partial charge in [-0.05, 0) is 25.7 Å². The fourth-order valence-electron chi connectivity index (χ4n) is 1.85. The summed E-state index contributed by atoms with van der Waals surface area (Å²) in [5.74, 6) is -1.05. The Morgan fingerprint density at radius 2 is 2.26 bits per heavy atom. The van der Waals surface area contributed by atoms with Crippen molar-refractivity contribution in [1.29, 1.82) is 0 Å². The van der Waals surface area contributed by atoms with Crippen LogP contribution in [0.1, 0.15) is 25.5 Å². The summed E-state index contributed by atoms with van der Waals surface area (Å²) in [5.41, 5.74) is -0.639. The number of hydrogen-bond donors (Lipinski definition) is 4. The van der Waals surface area contributed by atoms with E-state index >= 15 is 0 Å². The number of nitrogens with one attached hydrogen (secondary N) is 3. The second-order valence-corrected chi connectivity index (χ2v) is 5.61. The molecule has 0 radical (unpaired) electrons. The monoisotopic (exact) mass is 285 g/mol. The van der Waals surface area contributed by atoms with Gasteiger partial charge in [0.15, 0.2) is 0 Å². The van der Waals surface area contributed by atoms with E-state index < -0.39 is 17.5 Å². The maximum Gasteiger partial charge on any atom is 0.329 e. The smallest absolute Gasteiger partial charge is 0.329 e. The van der Waals surface area contributed by atoms with Gasteiger partial charge in [-0.1, -0.05) is 11.3 Å². The number of H-pyrrole nitrogens is 1. The fourth-order valence-corrected chi connectivity index (χ4v) is 2.43. The van der Waals surface area contributed by atoms with E-state index in [1.807, 2.05) is 0 Å². The summed E-state index contributed by atoms with van der Waals surface area (Å²) in [6, 6.07) is -0.552. The standard InChI is InChI=1S/C11H15N3O4S/c1-11(8(15)16,6-2-3-6)14-9(17)12-4-7-5-19-10(18)13-7/h5-6H,2-4H2,1H3,(H,13,18)(H,15,16)(H2,12,14,17). The summed E-state index contributed by atoms with van der Waals surface area (Å²) >= 11 is 1.01. The Balaban J connectivity index is 1.89. The molecule has 1 aromatic rings. The Labute approximate surface area is 113 Å². The fraction of sp³-hybridized carbons (Fsp3) is 0.545. The second kappa shape index (κ2) is 5.04. The normalized spacial score (nSPS) is 17.5. The summed E-state index contributed by atoms with van der Waals surface area (Å²) in [5, 5.41) is 15.8. The number of rotatable bonds is 5. The third-order valence-electron chi connectivity index (χ3n) is 3.22. The zero-order valence-electron chi connectivity index (χ0n) is 10.4. The number of amides is 2. The van der Waals surface area contributed by atoms with Gasteiger partial charge in [0.1, 0.15) is 5.54 Å². The molecule has 0 saturated heterocycles. The van der Waals surface area contributed by atoms with E-state index in [1.165, 1.54) is 6.92 Å². The van der Waals surface area contributed by atoms with E-state index in [9.17, 15) is 19.5 Å². The minimum atomic E-state index is -1.23. The van der Waals surface area contributed by atoms with Crippen molar-refractivity contribution in [3.05, 3.63) is 20.7 Å². The molecular formula is C11H15N3O4S. The second-order valence-electron chi connectivity index (χ2n) is 4.76. The molecule has 4 N–H and O–H groups in total. The molecule has 7 nitrogen and oxygen atoms in total. The van der Waals surface area contributed by atoms with E-state index in [0.717, 1.165) is 24.2 Å². The molecule has 2 amide bonds. The Kier molecular flexibility index (Phi) is 3.61. The van der Waals surface area contributed by atoms with Crippen molar-refractivity contribution in [2.75, 3.05) is 0 Å². The van der Waals surface area contributed by atoms with Crippen LogP contribution in [0.2, 0.25) is 0 Å². The summed E-state index contributed by atoms with van der Waals surface area (Å²) in [6.07, 6.45) is 1.61. The number of aromatic nitrogens is 1. The van der Waals surface area contributed by atoms with Crippen molar-refractivity contribution in [1.82, 2.24) is 15.6 Å². The van der Waals surface area contributed by atoms with Gasteiger partial charge in [0.05, 0.1) is 6.54 Å². The quantitative estimate of drug-likeness (QED) is 0.630. The molecule has 1 heterocycles. The van der Waals surface area contributed by atoms with E-state index in [1.54, 1.807) is 5.38 Å².